The lowest BCUT2D eigenvalue weighted by atomic mass is 10.2. The van der Waals surface area contributed by atoms with E-state index in [1.54, 1.807) is 12.1 Å². The van der Waals surface area contributed by atoms with E-state index in [0.29, 0.717) is 12.4 Å². The van der Waals surface area contributed by atoms with Crippen molar-refractivity contribution in [1.82, 2.24) is 4.90 Å². The van der Waals surface area contributed by atoms with Crippen molar-refractivity contribution in [2.75, 3.05) is 26.2 Å². The molecule has 1 heterocycles. The van der Waals surface area contributed by atoms with Crippen molar-refractivity contribution in [2.24, 2.45) is 4.99 Å². The zero-order valence-corrected chi connectivity index (χ0v) is 14.6. The van der Waals surface area contributed by atoms with Gasteiger partial charge in [-0.15, -0.1) is 0 Å². The SMILES string of the molecule is CCCCN(CCCC)CC1CN=C(c2ccc([N+](=O)[O-])cc2)O1. The van der Waals surface area contributed by atoms with E-state index in [1.807, 2.05) is 0 Å². The quantitative estimate of drug-likeness (QED) is 0.484. The molecule has 0 aliphatic carbocycles. The Balaban J connectivity index is 1.89. The molecule has 0 aromatic heterocycles. The number of rotatable bonds is 10. The standard InChI is InChI=1S/C18H27N3O3/c1-3-5-11-20(12-6-4-2)14-17-13-19-18(24-17)15-7-9-16(10-8-15)21(22)23/h7-10,17H,3-6,11-14H2,1-2H3. The third-order valence-corrected chi connectivity index (χ3v) is 4.16. The third kappa shape index (κ3) is 5.30. The van der Waals surface area contributed by atoms with Crippen LogP contribution < -0.4 is 0 Å². The maximum Gasteiger partial charge on any atom is 0.269 e. The number of nitrogens with zero attached hydrogens (tertiary/aromatic N) is 3. The number of hydrogen-bond donors (Lipinski definition) is 0. The molecule has 0 saturated heterocycles. The van der Waals surface area contributed by atoms with Crippen LogP contribution in [0, 0.1) is 10.1 Å². The first kappa shape index (κ1) is 18.4. The molecule has 0 radical (unpaired) electrons. The first-order chi connectivity index (χ1) is 11.6. The minimum absolute atomic E-state index is 0.0731. The highest BCUT2D eigenvalue weighted by atomic mass is 16.6. The second-order valence-corrected chi connectivity index (χ2v) is 6.20. The predicted molar refractivity (Wildman–Crippen MR) is 95.6 cm³/mol. The van der Waals surface area contributed by atoms with Gasteiger partial charge < -0.3 is 4.74 Å². The molecule has 1 aromatic carbocycles. The maximum absolute atomic E-state index is 10.7. The molecule has 0 fully saturated rings. The van der Waals surface area contributed by atoms with E-state index in [4.69, 9.17) is 4.74 Å². The average Bonchev–Trinajstić information content (AvgIpc) is 3.06. The van der Waals surface area contributed by atoms with Gasteiger partial charge in [0.15, 0.2) is 0 Å². The summed E-state index contributed by atoms with van der Waals surface area (Å²) in [4.78, 5) is 17.3. The van der Waals surface area contributed by atoms with Gasteiger partial charge >= 0.3 is 0 Å². The Hall–Kier alpha value is -1.95. The fraction of sp³-hybridized carbons (Fsp3) is 0.611. The lowest BCUT2D eigenvalue weighted by molar-refractivity contribution is -0.384. The second-order valence-electron chi connectivity index (χ2n) is 6.20. The lowest BCUT2D eigenvalue weighted by Crippen LogP contribution is -2.35. The molecule has 0 N–H and O–H groups in total. The first-order valence-electron chi connectivity index (χ1n) is 8.82. The molecule has 1 atom stereocenters. The van der Waals surface area contributed by atoms with Gasteiger partial charge in [0.05, 0.1) is 11.5 Å². The van der Waals surface area contributed by atoms with Crippen LogP contribution in [0.3, 0.4) is 0 Å². The molecule has 0 spiro atoms. The van der Waals surface area contributed by atoms with Gasteiger partial charge in [0.25, 0.3) is 5.69 Å². The normalized spacial score (nSPS) is 17.0. The van der Waals surface area contributed by atoms with Crippen molar-refractivity contribution >= 4 is 11.6 Å². The van der Waals surface area contributed by atoms with Crippen LogP contribution in [0.2, 0.25) is 0 Å². The third-order valence-electron chi connectivity index (χ3n) is 4.16. The van der Waals surface area contributed by atoms with Gasteiger partial charge in [0.2, 0.25) is 5.90 Å². The number of ether oxygens (including phenoxy) is 1. The van der Waals surface area contributed by atoms with Gasteiger partial charge in [-0.25, -0.2) is 4.99 Å². The van der Waals surface area contributed by atoms with Gasteiger partial charge in [0, 0.05) is 24.2 Å². The molecular formula is C18H27N3O3. The summed E-state index contributed by atoms with van der Waals surface area (Å²) in [6, 6.07) is 6.38. The Morgan fingerprint density at radius 3 is 2.38 bits per heavy atom. The van der Waals surface area contributed by atoms with Gasteiger partial charge in [-0.3, -0.25) is 15.0 Å². The minimum atomic E-state index is -0.400. The number of non-ortho nitro benzene ring substituents is 1. The van der Waals surface area contributed by atoms with E-state index in [0.717, 1.165) is 25.2 Å². The fourth-order valence-electron chi connectivity index (χ4n) is 2.74. The van der Waals surface area contributed by atoms with E-state index in [1.165, 1.54) is 37.8 Å². The summed E-state index contributed by atoms with van der Waals surface area (Å²) >= 11 is 0. The summed E-state index contributed by atoms with van der Waals surface area (Å²) in [7, 11) is 0. The van der Waals surface area contributed by atoms with Crippen molar-refractivity contribution < 1.29 is 9.66 Å². The van der Waals surface area contributed by atoms with E-state index in [-0.39, 0.29) is 11.8 Å². The molecule has 1 aliphatic heterocycles. The molecular weight excluding hydrogens is 306 g/mol. The molecule has 0 saturated carbocycles. The summed E-state index contributed by atoms with van der Waals surface area (Å²) in [5, 5.41) is 10.7. The van der Waals surface area contributed by atoms with Gasteiger partial charge in [-0.05, 0) is 38.1 Å². The van der Waals surface area contributed by atoms with Crippen molar-refractivity contribution in [2.45, 2.75) is 45.6 Å². The number of nitro benzene ring substituents is 1. The Bertz CT molecular complexity index is 549. The van der Waals surface area contributed by atoms with Crippen LogP contribution in [0.4, 0.5) is 5.69 Å². The lowest BCUT2D eigenvalue weighted by Gasteiger charge is -2.24. The Labute approximate surface area is 143 Å². The highest BCUT2D eigenvalue weighted by Gasteiger charge is 2.23. The van der Waals surface area contributed by atoms with Crippen molar-refractivity contribution in [1.29, 1.82) is 0 Å². The summed E-state index contributed by atoms with van der Waals surface area (Å²) in [5.74, 6) is 0.598. The van der Waals surface area contributed by atoms with Crippen LogP contribution >= 0.6 is 0 Å². The smallest absolute Gasteiger partial charge is 0.269 e. The van der Waals surface area contributed by atoms with E-state index in [2.05, 4.69) is 23.7 Å². The van der Waals surface area contributed by atoms with Crippen molar-refractivity contribution in [3.05, 3.63) is 39.9 Å². The molecule has 6 heteroatoms. The van der Waals surface area contributed by atoms with Gasteiger partial charge in [0.1, 0.15) is 6.10 Å². The Kier molecular flexibility index (Phi) is 7.18. The van der Waals surface area contributed by atoms with Crippen LogP contribution in [0.25, 0.3) is 0 Å². The highest BCUT2D eigenvalue weighted by Crippen LogP contribution is 2.17. The maximum atomic E-state index is 10.7. The van der Waals surface area contributed by atoms with Crippen LogP contribution in [0.5, 0.6) is 0 Å². The second kappa shape index (κ2) is 9.37. The first-order valence-corrected chi connectivity index (χ1v) is 8.82. The molecule has 1 aromatic rings. The van der Waals surface area contributed by atoms with Crippen LogP contribution in [-0.2, 0) is 4.74 Å². The van der Waals surface area contributed by atoms with Crippen LogP contribution in [0.1, 0.15) is 45.1 Å². The Morgan fingerprint density at radius 1 is 1.21 bits per heavy atom. The molecule has 1 aliphatic rings. The van der Waals surface area contributed by atoms with Crippen LogP contribution in [0.15, 0.2) is 29.3 Å². The summed E-state index contributed by atoms with van der Waals surface area (Å²) in [6.07, 6.45) is 4.86. The number of hydrogen-bond acceptors (Lipinski definition) is 5. The largest absolute Gasteiger partial charge is 0.471 e. The topological polar surface area (TPSA) is 68.0 Å². The molecule has 6 nitrogen and oxygen atoms in total. The zero-order valence-electron chi connectivity index (χ0n) is 14.6. The number of aliphatic imine (C=N–C) groups is 1. The Morgan fingerprint density at radius 2 is 1.83 bits per heavy atom. The summed E-state index contributed by atoms with van der Waals surface area (Å²) in [5.41, 5.74) is 0.885. The van der Waals surface area contributed by atoms with Gasteiger partial charge in [-0.1, -0.05) is 26.7 Å². The van der Waals surface area contributed by atoms with Crippen molar-refractivity contribution in [3.63, 3.8) is 0 Å². The average molecular weight is 333 g/mol. The summed E-state index contributed by atoms with van der Waals surface area (Å²) in [6.45, 7) is 8.16. The molecule has 0 amide bonds. The molecule has 1 unspecified atom stereocenters. The summed E-state index contributed by atoms with van der Waals surface area (Å²) < 4.78 is 5.98. The highest BCUT2D eigenvalue weighted by molar-refractivity contribution is 5.95. The number of benzene rings is 1. The minimum Gasteiger partial charge on any atom is -0.471 e. The molecule has 132 valence electrons. The zero-order chi connectivity index (χ0) is 17.4. The van der Waals surface area contributed by atoms with E-state index in [9.17, 15) is 10.1 Å². The van der Waals surface area contributed by atoms with E-state index >= 15 is 0 Å². The fourth-order valence-corrected chi connectivity index (χ4v) is 2.74. The molecule has 0 bridgehead atoms. The molecule has 24 heavy (non-hydrogen) atoms. The van der Waals surface area contributed by atoms with E-state index < -0.39 is 4.92 Å². The number of nitro groups is 1. The van der Waals surface area contributed by atoms with Crippen LogP contribution in [-0.4, -0.2) is 48.0 Å². The predicted octanol–water partition coefficient (Wildman–Crippen LogP) is 3.64. The van der Waals surface area contributed by atoms with Crippen molar-refractivity contribution in [3.8, 4) is 0 Å². The van der Waals surface area contributed by atoms with Gasteiger partial charge in [-0.2, -0.15) is 0 Å². The monoisotopic (exact) mass is 333 g/mol. The number of unbranched alkanes of at least 4 members (excludes halogenated alkanes) is 2. The molecule has 2 rings (SSSR count).